The summed E-state index contributed by atoms with van der Waals surface area (Å²) in [5, 5.41) is 8.79. The molecule has 2 N–H and O–H groups in total. The molecule has 1 aliphatic heterocycles. The zero-order valence-electron chi connectivity index (χ0n) is 11.6. The molecule has 0 spiro atoms. The van der Waals surface area contributed by atoms with E-state index in [1.165, 1.54) is 6.42 Å². The number of nitrogens with zero attached hydrogens (tertiary/aromatic N) is 2. The van der Waals surface area contributed by atoms with Gasteiger partial charge in [0.15, 0.2) is 6.10 Å². The quantitative estimate of drug-likeness (QED) is 0.853. The molecule has 2 rings (SSSR count). The van der Waals surface area contributed by atoms with Gasteiger partial charge in [-0.15, -0.1) is 0 Å². The van der Waals surface area contributed by atoms with Crippen LogP contribution < -0.4 is 10.5 Å². The van der Waals surface area contributed by atoms with Crippen LogP contribution >= 0.6 is 0 Å². The summed E-state index contributed by atoms with van der Waals surface area (Å²) < 4.78 is 5.63. The standard InChI is InChI=1S/C15H19N3O2/c1-11(15(19)18-7-3-2-4-8-18)20-14-6-5-12(10-16)9-13(14)17/h5-6,9,11H,2-4,7-8,17H2,1H3. The normalized spacial score (nSPS) is 16.3. The van der Waals surface area contributed by atoms with Gasteiger partial charge in [-0.25, -0.2) is 0 Å². The largest absolute Gasteiger partial charge is 0.479 e. The fourth-order valence-corrected chi connectivity index (χ4v) is 2.34. The van der Waals surface area contributed by atoms with Gasteiger partial charge in [0.05, 0.1) is 17.3 Å². The third-order valence-corrected chi connectivity index (χ3v) is 3.46. The monoisotopic (exact) mass is 273 g/mol. The number of carbonyl (C=O) groups excluding carboxylic acids is 1. The van der Waals surface area contributed by atoms with Crippen LogP contribution in [0.3, 0.4) is 0 Å². The summed E-state index contributed by atoms with van der Waals surface area (Å²) in [7, 11) is 0. The molecule has 0 aliphatic carbocycles. The van der Waals surface area contributed by atoms with Crippen LogP contribution in [-0.2, 0) is 4.79 Å². The van der Waals surface area contributed by atoms with E-state index < -0.39 is 6.10 Å². The first-order valence-electron chi connectivity index (χ1n) is 6.87. The molecule has 1 aliphatic rings. The van der Waals surface area contributed by atoms with Crippen LogP contribution in [0.4, 0.5) is 5.69 Å². The van der Waals surface area contributed by atoms with E-state index >= 15 is 0 Å². The summed E-state index contributed by atoms with van der Waals surface area (Å²) in [5.74, 6) is 0.440. The number of hydrogen-bond acceptors (Lipinski definition) is 4. The second-order valence-electron chi connectivity index (χ2n) is 5.01. The minimum absolute atomic E-state index is 0.00606. The molecule has 1 unspecified atom stereocenters. The van der Waals surface area contributed by atoms with Gasteiger partial charge in [0.2, 0.25) is 0 Å². The lowest BCUT2D eigenvalue weighted by Gasteiger charge is -2.29. The van der Waals surface area contributed by atoms with Crippen LogP contribution in [-0.4, -0.2) is 30.0 Å². The van der Waals surface area contributed by atoms with Crippen LogP contribution in [0.25, 0.3) is 0 Å². The van der Waals surface area contributed by atoms with Gasteiger partial charge in [-0.3, -0.25) is 4.79 Å². The number of likely N-dealkylation sites (tertiary alicyclic amines) is 1. The molecule has 1 fully saturated rings. The third-order valence-electron chi connectivity index (χ3n) is 3.46. The molecule has 106 valence electrons. The van der Waals surface area contributed by atoms with E-state index in [0.29, 0.717) is 17.0 Å². The van der Waals surface area contributed by atoms with Crippen molar-refractivity contribution < 1.29 is 9.53 Å². The van der Waals surface area contributed by atoms with Gasteiger partial charge < -0.3 is 15.4 Å². The molecule has 0 saturated carbocycles. The third kappa shape index (κ3) is 3.21. The Balaban J connectivity index is 2.02. The second-order valence-corrected chi connectivity index (χ2v) is 5.01. The highest BCUT2D eigenvalue weighted by Crippen LogP contribution is 2.24. The molecule has 5 heteroatoms. The number of piperidine rings is 1. The number of rotatable bonds is 3. The molecular formula is C15H19N3O2. The molecule has 1 atom stereocenters. The Bertz CT molecular complexity index is 530. The van der Waals surface area contributed by atoms with E-state index in [0.717, 1.165) is 25.9 Å². The smallest absolute Gasteiger partial charge is 0.263 e. The van der Waals surface area contributed by atoms with Gasteiger partial charge in [-0.05, 0) is 44.4 Å². The van der Waals surface area contributed by atoms with Crippen molar-refractivity contribution in [2.75, 3.05) is 18.8 Å². The second kappa shape index (κ2) is 6.29. The van der Waals surface area contributed by atoms with Gasteiger partial charge >= 0.3 is 0 Å². The zero-order chi connectivity index (χ0) is 14.5. The maximum atomic E-state index is 12.2. The topological polar surface area (TPSA) is 79.3 Å². The van der Waals surface area contributed by atoms with Gasteiger partial charge in [-0.2, -0.15) is 5.26 Å². The van der Waals surface area contributed by atoms with E-state index in [2.05, 4.69) is 0 Å². The number of nitriles is 1. The molecular weight excluding hydrogens is 254 g/mol. The predicted molar refractivity (Wildman–Crippen MR) is 76.1 cm³/mol. The van der Waals surface area contributed by atoms with E-state index in [1.807, 2.05) is 11.0 Å². The van der Waals surface area contributed by atoms with Crippen molar-refractivity contribution in [3.05, 3.63) is 23.8 Å². The van der Waals surface area contributed by atoms with Crippen molar-refractivity contribution in [3.8, 4) is 11.8 Å². The highest BCUT2D eigenvalue weighted by Gasteiger charge is 2.23. The average Bonchev–Trinajstić information content (AvgIpc) is 2.49. The van der Waals surface area contributed by atoms with E-state index in [9.17, 15) is 4.79 Å². The van der Waals surface area contributed by atoms with Crippen LogP contribution in [0.15, 0.2) is 18.2 Å². The Kier molecular flexibility index (Phi) is 4.46. The Morgan fingerprint density at radius 1 is 1.40 bits per heavy atom. The molecule has 1 heterocycles. The van der Waals surface area contributed by atoms with Crippen molar-refractivity contribution in [2.45, 2.75) is 32.3 Å². The minimum Gasteiger partial charge on any atom is -0.479 e. The van der Waals surface area contributed by atoms with E-state index in [4.69, 9.17) is 15.7 Å². The molecule has 1 amide bonds. The molecule has 20 heavy (non-hydrogen) atoms. The summed E-state index contributed by atoms with van der Waals surface area (Å²) in [5.41, 5.74) is 6.68. The maximum Gasteiger partial charge on any atom is 0.263 e. The summed E-state index contributed by atoms with van der Waals surface area (Å²) in [6.45, 7) is 3.33. The van der Waals surface area contributed by atoms with Gasteiger partial charge in [0, 0.05) is 13.1 Å². The van der Waals surface area contributed by atoms with E-state index in [1.54, 1.807) is 25.1 Å². The summed E-state index contributed by atoms with van der Waals surface area (Å²) in [6, 6.07) is 6.82. The Morgan fingerprint density at radius 3 is 2.70 bits per heavy atom. The predicted octanol–water partition coefficient (Wildman–Crippen LogP) is 1.92. The van der Waals surface area contributed by atoms with Gasteiger partial charge in [-0.1, -0.05) is 0 Å². The van der Waals surface area contributed by atoms with Crippen LogP contribution in [0.5, 0.6) is 5.75 Å². The fourth-order valence-electron chi connectivity index (χ4n) is 2.34. The molecule has 0 radical (unpaired) electrons. The molecule has 0 aromatic heterocycles. The lowest BCUT2D eigenvalue weighted by Crippen LogP contribution is -2.43. The SMILES string of the molecule is CC(Oc1ccc(C#N)cc1N)C(=O)N1CCCCC1. The van der Waals surface area contributed by atoms with Crippen molar-refractivity contribution in [1.82, 2.24) is 4.90 Å². The van der Waals surface area contributed by atoms with Crippen LogP contribution in [0.2, 0.25) is 0 Å². The summed E-state index contributed by atoms with van der Waals surface area (Å²) in [4.78, 5) is 14.1. The zero-order valence-corrected chi connectivity index (χ0v) is 11.6. The average molecular weight is 273 g/mol. The maximum absolute atomic E-state index is 12.2. The molecule has 1 aromatic carbocycles. The van der Waals surface area contributed by atoms with Gasteiger partial charge in [0.1, 0.15) is 5.75 Å². The van der Waals surface area contributed by atoms with Crippen molar-refractivity contribution >= 4 is 11.6 Å². The van der Waals surface area contributed by atoms with Crippen molar-refractivity contribution in [2.24, 2.45) is 0 Å². The summed E-state index contributed by atoms with van der Waals surface area (Å²) in [6.07, 6.45) is 2.72. The summed E-state index contributed by atoms with van der Waals surface area (Å²) >= 11 is 0. The number of nitrogens with two attached hydrogens (primary N) is 1. The van der Waals surface area contributed by atoms with E-state index in [-0.39, 0.29) is 5.91 Å². The van der Waals surface area contributed by atoms with Gasteiger partial charge in [0.25, 0.3) is 5.91 Å². The Hall–Kier alpha value is -2.22. The number of nitrogen functional groups attached to an aromatic ring is 1. The van der Waals surface area contributed by atoms with Crippen molar-refractivity contribution in [3.63, 3.8) is 0 Å². The highest BCUT2D eigenvalue weighted by atomic mass is 16.5. The molecule has 1 saturated heterocycles. The number of carbonyl (C=O) groups is 1. The van der Waals surface area contributed by atoms with Crippen LogP contribution in [0, 0.1) is 11.3 Å². The molecule has 5 nitrogen and oxygen atoms in total. The van der Waals surface area contributed by atoms with Crippen molar-refractivity contribution in [1.29, 1.82) is 5.26 Å². The Morgan fingerprint density at radius 2 is 2.10 bits per heavy atom. The molecule has 0 bridgehead atoms. The Labute approximate surface area is 118 Å². The molecule has 1 aromatic rings. The first-order valence-corrected chi connectivity index (χ1v) is 6.87. The lowest BCUT2D eigenvalue weighted by molar-refractivity contribution is -0.138. The lowest BCUT2D eigenvalue weighted by atomic mass is 10.1. The highest BCUT2D eigenvalue weighted by molar-refractivity contribution is 5.81. The fraction of sp³-hybridized carbons (Fsp3) is 0.467. The first-order chi connectivity index (χ1) is 9.61. The van der Waals surface area contributed by atoms with Crippen LogP contribution in [0.1, 0.15) is 31.7 Å². The number of anilines is 1. The number of hydrogen-bond donors (Lipinski definition) is 1. The first kappa shape index (κ1) is 14.2. The number of benzene rings is 1. The minimum atomic E-state index is -0.566. The number of amides is 1. The number of ether oxygens (including phenoxy) is 1.